The number of carbonyl (C=O) groups excluding carboxylic acids is 1. The Labute approximate surface area is 69.6 Å². The van der Waals surface area contributed by atoms with Crippen molar-refractivity contribution in [3.05, 3.63) is 23.6 Å². The lowest BCUT2D eigenvalue weighted by atomic mass is 10.3. The Kier molecular flexibility index (Phi) is 2.38. The summed E-state index contributed by atoms with van der Waals surface area (Å²) >= 11 is 0. The largest absolute Gasteiger partial charge is 0.311 e. The van der Waals surface area contributed by atoms with Gasteiger partial charge in [0.15, 0.2) is 0 Å². The Morgan fingerprint density at radius 1 is 1.58 bits per heavy atom. The van der Waals surface area contributed by atoms with Crippen LogP contribution in [-0.4, -0.2) is 10.9 Å². The first-order chi connectivity index (χ1) is 5.59. The molecule has 3 nitrogen and oxygen atoms in total. The van der Waals surface area contributed by atoms with Gasteiger partial charge in [-0.05, 0) is 19.1 Å². The third-order valence-electron chi connectivity index (χ3n) is 1.33. The van der Waals surface area contributed by atoms with Crippen LogP contribution < -0.4 is 5.32 Å². The number of hydrogen-bond donors (Lipinski definition) is 1. The molecule has 0 aliphatic rings. The summed E-state index contributed by atoms with van der Waals surface area (Å²) in [4.78, 5) is 14.4. The first-order valence-corrected chi connectivity index (χ1v) is 3.50. The number of carbonyl (C=O) groups is 1. The molecule has 0 atom stereocenters. The van der Waals surface area contributed by atoms with Crippen LogP contribution in [-0.2, 0) is 4.79 Å². The highest BCUT2D eigenvalue weighted by atomic mass is 19.1. The second kappa shape index (κ2) is 3.30. The molecule has 0 bridgehead atoms. The van der Waals surface area contributed by atoms with E-state index in [1.807, 2.05) is 0 Å². The number of anilines is 1. The van der Waals surface area contributed by atoms with Crippen molar-refractivity contribution in [2.45, 2.75) is 13.8 Å². The third kappa shape index (κ3) is 2.02. The van der Waals surface area contributed by atoms with Crippen LogP contribution in [0, 0.1) is 12.7 Å². The fourth-order valence-corrected chi connectivity index (χ4v) is 0.794. The van der Waals surface area contributed by atoms with Crippen molar-refractivity contribution < 1.29 is 9.18 Å². The molecule has 0 aromatic carbocycles. The summed E-state index contributed by atoms with van der Waals surface area (Å²) in [5, 5.41) is 2.46. The molecule has 0 unspecified atom stereocenters. The molecule has 1 aromatic heterocycles. The van der Waals surface area contributed by atoms with Gasteiger partial charge in [0.2, 0.25) is 5.91 Å². The Bertz CT molecular complexity index is 312. The minimum atomic E-state index is -0.371. The molecule has 64 valence electrons. The molecule has 0 aliphatic heterocycles. The number of nitrogens with one attached hydrogen (secondary N) is 1. The van der Waals surface area contributed by atoms with Gasteiger partial charge in [-0.15, -0.1) is 0 Å². The summed E-state index contributed by atoms with van der Waals surface area (Å²) in [5.74, 6) is -0.209. The highest BCUT2D eigenvalue weighted by molar-refractivity contribution is 5.87. The number of pyridine rings is 1. The lowest BCUT2D eigenvalue weighted by Crippen LogP contribution is -2.08. The normalized spacial score (nSPS) is 9.58. The maximum Gasteiger partial charge on any atom is 0.222 e. The fourth-order valence-electron chi connectivity index (χ4n) is 0.794. The van der Waals surface area contributed by atoms with E-state index in [4.69, 9.17) is 0 Å². The van der Waals surface area contributed by atoms with E-state index in [-0.39, 0.29) is 17.4 Å². The van der Waals surface area contributed by atoms with Crippen LogP contribution in [0.25, 0.3) is 0 Å². The maximum atomic E-state index is 12.7. The molecule has 1 aromatic rings. The topological polar surface area (TPSA) is 42.0 Å². The van der Waals surface area contributed by atoms with Crippen molar-refractivity contribution >= 4 is 11.7 Å². The summed E-state index contributed by atoms with van der Waals surface area (Å²) < 4.78 is 12.7. The zero-order valence-corrected chi connectivity index (χ0v) is 6.89. The van der Waals surface area contributed by atoms with Crippen LogP contribution in [0.4, 0.5) is 10.2 Å². The van der Waals surface area contributed by atoms with Gasteiger partial charge in [-0.3, -0.25) is 4.79 Å². The van der Waals surface area contributed by atoms with E-state index in [1.54, 1.807) is 6.92 Å². The lowest BCUT2D eigenvalue weighted by Gasteiger charge is -2.01. The summed E-state index contributed by atoms with van der Waals surface area (Å²) in [7, 11) is 0. The van der Waals surface area contributed by atoms with Crippen molar-refractivity contribution in [3.8, 4) is 0 Å². The van der Waals surface area contributed by atoms with Crippen LogP contribution in [0.2, 0.25) is 0 Å². The van der Waals surface area contributed by atoms with Gasteiger partial charge in [0.05, 0.1) is 5.69 Å². The number of nitrogens with zero attached hydrogens (tertiary/aromatic N) is 1. The fraction of sp³-hybridized carbons (Fsp3) is 0.250. The summed E-state index contributed by atoms with van der Waals surface area (Å²) in [6.45, 7) is 2.92. The first-order valence-electron chi connectivity index (χ1n) is 3.50. The van der Waals surface area contributed by atoms with Crippen LogP contribution in [0.5, 0.6) is 0 Å². The molecule has 0 spiro atoms. The van der Waals surface area contributed by atoms with Crippen LogP contribution in [0.1, 0.15) is 12.6 Å². The number of amides is 1. The van der Waals surface area contributed by atoms with Crippen LogP contribution >= 0.6 is 0 Å². The van der Waals surface area contributed by atoms with Crippen molar-refractivity contribution in [1.29, 1.82) is 0 Å². The maximum absolute atomic E-state index is 12.7. The monoisotopic (exact) mass is 168 g/mol. The first kappa shape index (κ1) is 8.64. The van der Waals surface area contributed by atoms with E-state index in [0.717, 1.165) is 0 Å². The molecule has 12 heavy (non-hydrogen) atoms. The number of aromatic nitrogens is 1. The Morgan fingerprint density at radius 3 is 2.75 bits per heavy atom. The molecule has 0 aliphatic carbocycles. The highest BCUT2D eigenvalue weighted by Crippen LogP contribution is 2.07. The zero-order chi connectivity index (χ0) is 9.14. The van der Waals surface area contributed by atoms with Crippen LogP contribution in [0.15, 0.2) is 12.1 Å². The predicted molar refractivity (Wildman–Crippen MR) is 43.2 cm³/mol. The Hall–Kier alpha value is -1.45. The van der Waals surface area contributed by atoms with Gasteiger partial charge in [0.25, 0.3) is 0 Å². The van der Waals surface area contributed by atoms with E-state index in [2.05, 4.69) is 10.3 Å². The number of aryl methyl sites for hydroxylation is 1. The molecule has 1 heterocycles. The van der Waals surface area contributed by atoms with Crippen molar-refractivity contribution in [3.63, 3.8) is 0 Å². The van der Waals surface area contributed by atoms with E-state index in [0.29, 0.717) is 5.82 Å². The molecule has 0 saturated heterocycles. The summed E-state index contributed by atoms with van der Waals surface area (Å²) in [6, 6.07) is 2.69. The Balaban J connectivity index is 2.89. The van der Waals surface area contributed by atoms with Gasteiger partial charge in [-0.2, -0.15) is 0 Å². The van der Waals surface area contributed by atoms with E-state index >= 15 is 0 Å². The average Bonchev–Trinajstić information content (AvgIpc) is 1.96. The molecular formula is C8H9FN2O. The Morgan fingerprint density at radius 2 is 2.25 bits per heavy atom. The standard InChI is InChI=1S/C8H9FN2O/c1-5-7(9)3-4-8(10-5)11-6(2)12/h3-4H,1-2H3,(H,10,11,12). The van der Waals surface area contributed by atoms with Gasteiger partial charge in [0, 0.05) is 6.92 Å². The van der Waals surface area contributed by atoms with Crippen molar-refractivity contribution in [2.24, 2.45) is 0 Å². The average molecular weight is 168 g/mol. The number of halogens is 1. The molecule has 0 fully saturated rings. The molecule has 0 saturated carbocycles. The van der Waals surface area contributed by atoms with E-state index in [9.17, 15) is 9.18 Å². The zero-order valence-electron chi connectivity index (χ0n) is 6.89. The van der Waals surface area contributed by atoms with Crippen LogP contribution in [0.3, 0.4) is 0 Å². The minimum absolute atomic E-state index is 0.214. The molecule has 4 heteroatoms. The van der Waals surface area contributed by atoms with Gasteiger partial charge in [-0.25, -0.2) is 9.37 Å². The van der Waals surface area contributed by atoms with E-state index < -0.39 is 0 Å². The van der Waals surface area contributed by atoms with E-state index in [1.165, 1.54) is 19.1 Å². The number of rotatable bonds is 1. The number of hydrogen-bond acceptors (Lipinski definition) is 2. The second-order valence-corrected chi connectivity index (χ2v) is 2.44. The molecule has 1 amide bonds. The molecule has 1 N–H and O–H groups in total. The smallest absolute Gasteiger partial charge is 0.222 e. The highest BCUT2D eigenvalue weighted by Gasteiger charge is 2.00. The van der Waals surface area contributed by atoms with Crippen molar-refractivity contribution in [2.75, 3.05) is 5.32 Å². The summed E-state index contributed by atoms with van der Waals surface area (Å²) in [6.07, 6.45) is 0. The summed E-state index contributed by atoms with van der Waals surface area (Å²) in [5.41, 5.74) is 0.279. The minimum Gasteiger partial charge on any atom is -0.311 e. The van der Waals surface area contributed by atoms with Gasteiger partial charge in [-0.1, -0.05) is 0 Å². The van der Waals surface area contributed by atoms with Crippen molar-refractivity contribution in [1.82, 2.24) is 4.98 Å². The van der Waals surface area contributed by atoms with Gasteiger partial charge in [0.1, 0.15) is 11.6 Å². The quantitative estimate of drug-likeness (QED) is 0.690. The molecular weight excluding hydrogens is 159 g/mol. The second-order valence-electron chi connectivity index (χ2n) is 2.44. The third-order valence-corrected chi connectivity index (χ3v) is 1.33. The SMILES string of the molecule is CC(=O)Nc1ccc(F)c(C)n1. The lowest BCUT2D eigenvalue weighted by molar-refractivity contribution is -0.114. The van der Waals surface area contributed by atoms with Gasteiger partial charge >= 0.3 is 0 Å². The molecule has 0 radical (unpaired) electrons. The van der Waals surface area contributed by atoms with Gasteiger partial charge < -0.3 is 5.32 Å². The molecule has 1 rings (SSSR count). The predicted octanol–water partition coefficient (Wildman–Crippen LogP) is 1.49.